The Balaban J connectivity index is 1.55. The number of benzene rings is 2. The summed E-state index contributed by atoms with van der Waals surface area (Å²) < 4.78 is 26.4. The fourth-order valence-corrected chi connectivity index (χ4v) is 3.99. The highest BCUT2D eigenvalue weighted by Gasteiger charge is 2.27. The van der Waals surface area contributed by atoms with Crippen LogP contribution < -0.4 is 9.64 Å². The van der Waals surface area contributed by atoms with Gasteiger partial charge in [0.05, 0.1) is 30.5 Å². The molecule has 36 heavy (non-hydrogen) atoms. The van der Waals surface area contributed by atoms with Crippen LogP contribution in [0.2, 0.25) is 0 Å². The number of nitrogens with one attached hydrogen (secondary N) is 1. The van der Waals surface area contributed by atoms with Gasteiger partial charge in [-0.2, -0.15) is 20.1 Å². The number of hydrogen-bond donors (Lipinski definition) is 1. The number of anilines is 1. The molecule has 0 radical (unpaired) electrons. The van der Waals surface area contributed by atoms with E-state index in [2.05, 4.69) is 20.2 Å². The molecule has 0 aliphatic carbocycles. The lowest BCUT2D eigenvalue weighted by Crippen LogP contribution is -2.48. The van der Waals surface area contributed by atoms with Crippen LogP contribution in [-0.4, -0.2) is 75.3 Å². The van der Waals surface area contributed by atoms with E-state index in [0.29, 0.717) is 24.9 Å². The molecule has 4 aromatic rings. The first-order chi connectivity index (χ1) is 17.3. The monoisotopic (exact) mass is 491 g/mol. The molecule has 1 saturated heterocycles. The smallest absolute Gasteiger partial charge is 0.327 e. The molecule has 2 aromatic carbocycles. The van der Waals surface area contributed by atoms with Crippen LogP contribution in [0.4, 0.5) is 10.3 Å². The van der Waals surface area contributed by atoms with Crippen LogP contribution in [0.25, 0.3) is 22.3 Å². The molecular weight excluding hydrogens is 465 g/mol. The minimum atomic E-state index is -0.695. The second kappa shape index (κ2) is 9.50. The van der Waals surface area contributed by atoms with Crippen LogP contribution in [-0.2, 0) is 4.74 Å². The number of halogens is 1. The van der Waals surface area contributed by atoms with E-state index in [1.54, 1.807) is 20.3 Å². The van der Waals surface area contributed by atoms with Crippen LogP contribution in [0.1, 0.15) is 24.2 Å². The maximum Gasteiger partial charge on any atom is 0.327 e. The molecule has 2 aromatic heterocycles. The largest absolute Gasteiger partial charge is 0.421 e. The van der Waals surface area contributed by atoms with Crippen LogP contribution in [0.5, 0.6) is 11.8 Å². The lowest BCUT2D eigenvalue weighted by molar-refractivity contribution is 0.0336. The van der Waals surface area contributed by atoms with Crippen molar-refractivity contribution >= 4 is 22.8 Å². The third-order valence-corrected chi connectivity index (χ3v) is 5.95. The molecule has 1 amide bonds. The third-order valence-electron chi connectivity index (χ3n) is 5.95. The highest BCUT2D eigenvalue weighted by Crippen LogP contribution is 2.29. The summed E-state index contributed by atoms with van der Waals surface area (Å²) in [7, 11) is 3.21. The number of carbonyl (C=O) groups is 1. The molecule has 1 aliphatic heterocycles. The van der Waals surface area contributed by atoms with E-state index in [9.17, 15) is 9.18 Å². The second-order valence-corrected chi connectivity index (χ2v) is 9.01. The summed E-state index contributed by atoms with van der Waals surface area (Å²) in [6.07, 6.45) is 1.71. The van der Waals surface area contributed by atoms with E-state index in [4.69, 9.17) is 14.5 Å². The summed E-state index contributed by atoms with van der Waals surface area (Å²) >= 11 is 0. The predicted molar refractivity (Wildman–Crippen MR) is 132 cm³/mol. The van der Waals surface area contributed by atoms with Gasteiger partial charge in [0.25, 0.3) is 5.91 Å². The van der Waals surface area contributed by atoms with Crippen LogP contribution in [0.15, 0.2) is 42.6 Å². The molecule has 1 fully saturated rings. The van der Waals surface area contributed by atoms with E-state index in [-0.39, 0.29) is 35.4 Å². The van der Waals surface area contributed by atoms with Gasteiger partial charge in [-0.25, -0.2) is 4.39 Å². The number of carbonyl (C=O) groups excluding carboxylic acids is 1. The maximum absolute atomic E-state index is 14.9. The number of aromatic amines is 1. The van der Waals surface area contributed by atoms with Gasteiger partial charge in [-0.1, -0.05) is 0 Å². The quantitative estimate of drug-likeness (QED) is 0.451. The van der Waals surface area contributed by atoms with Crippen molar-refractivity contribution in [3.8, 4) is 23.1 Å². The Hall–Kier alpha value is -4.12. The van der Waals surface area contributed by atoms with Crippen molar-refractivity contribution < 1.29 is 18.7 Å². The summed E-state index contributed by atoms with van der Waals surface area (Å²) in [5, 5.41) is 7.89. The van der Waals surface area contributed by atoms with Crippen molar-refractivity contribution in [2.45, 2.75) is 26.0 Å². The summed E-state index contributed by atoms with van der Waals surface area (Å²) in [5.74, 6) is -0.314. The maximum atomic E-state index is 14.9. The molecule has 11 heteroatoms. The Labute approximate surface area is 207 Å². The highest BCUT2D eigenvalue weighted by atomic mass is 19.1. The average Bonchev–Trinajstić information content (AvgIpc) is 3.34. The van der Waals surface area contributed by atoms with Gasteiger partial charge in [-0.3, -0.25) is 9.89 Å². The van der Waals surface area contributed by atoms with Gasteiger partial charge in [-0.15, -0.1) is 0 Å². The van der Waals surface area contributed by atoms with Crippen molar-refractivity contribution in [3.05, 3.63) is 54.0 Å². The Kier molecular flexibility index (Phi) is 6.23. The topological polar surface area (TPSA) is 109 Å². The number of morpholine rings is 1. The van der Waals surface area contributed by atoms with Gasteiger partial charge in [0.2, 0.25) is 5.95 Å². The normalized spacial score (nSPS) is 17.9. The van der Waals surface area contributed by atoms with Gasteiger partial charge >= 0.3 is 6.01 Å². The molecule has 0 saturated carbocycles. The number of aromatic nitrogens is 5. The summed E-state index contributed by atoms with van der Waals surface area (Å²) in [6, 6.07) is 9.68. The molecule has 0 spiro atoms. The molecule has 186 valence electrons. The van der Waals surface area contributed by atoms with Crippen molar-refractivity contribution in [1.29, 1.82) is 0 Å². The van der Waals surface area contributed by atoms with E-state index in [1.165, 1.54) is 17.0 Å². The fraction of sp³-hybridized carbons (Fsp3) is 0.320. The number of fused-ring (bicyclic) bond motifs is 1. The number of nitrogens with zero attached hydrogens (tertiary/aromatic N) is 6. The zero-order valence-electron chi connectivity index (χ0n) is 20.4. The van der Waals surface area contributed by atoms with Gasteiger partial charge in [0.15, 0.2) is 17.4 Å². The van der Waals surface area contributed by atoms with E-state index < -0.39 is 5.82 Å². The predicted octanol–water partition coefficient (Wildman–Crippen LogP) is 3.66. The minimum Gasteiger partial charge on any atom is -0.421 e. The van der Waals surface area contributed by atoms with Crippen LogP contribution in [0, 0.1) is 5.82 Å². The third kappa shape index (κ3) is 4.69. The molecule has 0 bridgehead atoms. The van der Waals surface area contributed by atoms with E-state index >= 15 is 0 Å². The molecule has 1 aliphatic rings. The van der Waals surface area contributed by atoms with Crippen molar-refractivity contribution in [2.24, 2.45) is 0 Å². The van der Waals surface area contributed by atoms with Crippen molar-refractivity contribution in [1.82, 2.24) is 30.0 Å². The molecule has 2 atom stereocenters. The molecular formula is C25H26FN7O3. The molecule has 3 heterocycles. The fourth-order valence-electron chi connectivity index (χ4n) is 3.99. The number of H-pyrrole nitrogens is 1. The van der Waals surface area contributed by atoms with Crippen LogP contribution >= 0.6 is 0 Å². The summed E-state index contributed by atoms with van der Waals surface area (Å²) in [6.45, 7) is 5.11. The number of ether oxygens (including phenoxy) is 2. The second-order valence-electron chi connectivity index (χ2n) is 9.01. The Morgan fingerprint density at radius 1 is 1.17 bits per heavy atom. The minimum absolute atomic E-state index is 0.00714. The highest BCUT2D eigenvalue weighted by molar-refractivity contribution is 5.94. The molecule has 1 N–H and O–H groups in total. The average molecular weight is 492 g/mol. The van der Waals surface area contributed by atoms with Gasteiger partial charge in [0.1, 0.15) is 0 Å². The first-order valence-corrected chi connectivity index (χ1v) is 11.6. The van der Waals surface area contributed by atoms with Gasteiger partial charge < -0.3 is 19.3 Å². The first-order valence-electron chi connectivity index (χ1n) is 11.6. The lowest BCUT2D eigenvalue weighted by Gasteiger charge is -2.36. The van der Waals surface area contributed by atoms with Gasteiger partial charge in [0, 0.05) is 37.2 Å². The SMILES string of the molecule is C[C@H]1CN(c2nc(Oc3ccc(C(=O)N(C)C)cc3F)nc(-c3ccc4[nH]ncc4c3)n2)[C@@H](C)CO1. The summed E-state index contributed by atoms with van der Waals surface area (Å²) in [5.41, 5.74) is 1.83. The Morgan fingerprint density at radius 3 is 2.78 bits per heavy atom. The standard InChI is InChI=1S/C25H26FN7O3/c1-14-13-35-15(2)12-33(14)24-28-22(16-5-7-20-18(9-16)11-27-31-20)29-25(30-24)36-21-8-6-17(10-19(21)26)23(34)32(3)4/h5-11,14-15H,12-13H2,1-4H3,(H,27,31)/t14-,15-/m0/s1. The molecule has 10 nitrogen and oxygen atoms in total. The first kappa shape index (κ1) is 23.6. The number of rotatable bonds is 5. The summed E-state index contributed by atoms with van der Waals surface area (Å²) in [4.78, 5) is 29.3. The van der Waals surface area contributed by atoms with Crippen LogP contribution in [0.3, 0.4) is 0 Å². The lowest BCUT2D eigenvalue weighted by atomic mass is 10.1. The number of amides is 1. The van der Waals surface area contributed by atoms with E-state index in [1.807, 2.05) is 36.9 Å². The molecule has 0 unspecified atom stereocenters. The van der Waals surface area contributed by atoms with Crippen molar-refractivity contribution in [3.63, 3.8) is 0 Å². The molecule has 5 rings (SSSR count). The Bertz CT molecular complexity index is 1420. The van der Waals surface area contributed by atoms with Crippen molar-refractivity contribution in [2.75, 3.05) is 32.1 Å². The Morgan fingerprint density at radius 2 is 2.00 bits per heavy atom. The van der Waals surface area contributed by atoms with Gasteiger partial charge in [-0.05, 0) is 50.2 Å². The zero-order chi connectivity index (χ0) is 25.4. The van der Waals surface area contributed by atoms with E-state index in [0.717, 1.165) is 22.5 Å². The zero-order valence-corrected chi connectivity index (χ0v) is 20.4. The number of hydrogen-bond acceptors (Lipinski definition) is 8.